The van der Waals surface area contributed by atoms with Crippen LogP contribution in [0.25, 0.3) is 0 Å². The van der Waals surface area contributed by atoms with Crippen LogP contribution in [0.1, 0.15) is 64.0 Å². The fourth-order valence-corrected chi connectivity index (χ4v) is 3.83. The summed E-state index contributed by atoms with van der Waals surface area (Å²) in [6, 6.07) is 2.87. The van der Waals surface area contributed by atoms with Crippen LogP contribution in [0.4, 0.5) is 0 Å². The fraction of sp³-hybridized carbons (Fsp3) is 0.733. The lowest BCUT2D eigenvalue weighted by Gasteiger charge is -2.41. The lowest BCUT2D eigenvalue weighted by atomic mass is 9.69. The fourth-order valence-electron chi connectivity index (χ4n) is 3.14. The van der Waals surface area contributed by atoms with Crippen molar-refractivity contribution in [2.75, 3.05) is 6.54 Å². The highest BCUT2D eigenvalue weighted by atomic mass is 32.1. The zero-order valence-corrected chi connectivity index (χ0v) is 12.0. The Bertz CT molecular complexity index is 312. The average molecular weight is 251 g/mol. The van der Waals surface area contributed by atoms with Crippen molar-refractivity contribution in [2.24, 2.45) is 5.41 Å². The SMILES string of the molecule is CCCNC(c1ccsc1)C1(C)CCCCC1. The van der Waals surface area contributed by atoms with Gasteiger partial charge in [0.25, 0.3) is 0 Å². The van der Waals surface area contributed by atoms with E-state index in [2.05, 4.69) is 36.0 Å². The number of hydrogen-bond acceptors (Lipinski definition) is 2. The van der Waals surface area contributed by atoms with Crippen LogP contribution in [0.15, 0.2) is 16.8 Å². The van der Waals surface area contributed by atoms with Crippen molar-refractivity contribution in [2.45, 2.75) is 58.4 Å². The standard InChI is InChI=1S/C15H25NS/c1-3-10-16-14(13-7-11-17-12-13)15(2)8-5-4-6-9-15/h7,11-12,14,16H,3-6,8-10H2,1-2H3. The number of nitrogens with one attached hydrogen (secondary N) is 1. The van der Waals surface area contributed by atoms with Gasteiger partial charge in [0.2, 0.25) is 0 Å². The first-order chi connectivity index (χ1) is 8.26. The molecule has 1 unspecified atom stereocenters. The van der Waals surface area contributed by atoms with Crippen LogP contribution in [0.2, 0.25) is 0 Å². The minimum Gasteiger partial charge on any atom is -0.309 e. The molecule has 1 aromatic rings. The molecule has 1 nitrogen and oxygen atoms in total. The van der Waals surface area contributed by atoms with E-state index in [1.807, 2.05) is 11.3 Å². The van der Waals surface area contributed by atoms with Gasteiger partial charge in [-0.2, -0.15) is 11.3 Å². The summed E-state index contributed by atoms with van der Waals surface area (Å²) in [5.41, 5.74) is 1.97. The van der Waals surface area contributed by atoms with E-state index < -0.39 is 0 Å². The third-order valence-electron chi connectivity index (χ3n) is 4.17. The van der Waals surface area contributed by atoms with E-state index in [0.717, 1.165) is 6.54 Å². The van der Waals surface area contributed by atoms with E-state index in [-0.39, 0.29) is 0 Å². The van der Waals surface area contributed by atoms with Crippen molar-refractivity contribution in [1.29, 1.82) is 0 Å². The van der Waals surface area contributed by atoms with Gasteiger partial charge in [-0.05, 0) is 53.6 Å². The highest BCUT2D eigenvalue weighted by Gasteiger charge is 2.36. The minimum absolute atomic E-state index is 0.467. The second kappa shape index (κ2) is 6.01. The molecular weight excluding hydrogens is 226 g/mol. The first-order valence-electron chi connectivity index (χ1n) is 7.02. The Morgan fingerprint density at radius 2 is 2.12 bits per heavy atom. The van der Waals surface area contributed by atoms with Crippen LogP contribution in [0.3, 0.4) is 0 Å². The Balaban J connectivity index is 2.13. The predicted molar refractivity (Wildman–Crippen MR) is 76.5 cm³/mol. The van der Waals surface area contributed by atoms with E-state index in [4.69, 9.17) is 0 Å². The Hall–Kier alpha value is -0.340. The van der Waals surface area contributed by atoms with Gasteiger partial charge in [0.15, 0.2) is 0 Å². The molecule has 0 spiro atoms. The van der Waals surface area contributed by atoms with Gasteiger partial charge in [0.1, 0.15) is 0 Å². The summed E-state index contributed by atoms with van der Waals surface area (Å²) in [5.74, 6) is 0. The zero-order chi connectivity index (χ0) is 12.1. The van der Waals surface area contributed by atoms with Crippen molar-refractivity contribution < 1.29 is 0 Å². The van der Waals surface area contributed by atoms with E-state index in [1.54, 1.807) is 0 Å². The van der Waals surface area contributed by atoms with Gasteiger partial charge in [-0.15, -0.1) is 0 Å². The normalized spacial score (nSPS) is 21.3. The Kier molecular flexibility index (Phi) is 4.63. The van der Waals surface area contributed by atoms with Gasteiger partial charge in [0, 0.05) is 6.04 Å². The van der Waals surface area contributed by atoms with E-state index in [1.165, 1.54) is 44.1 Å². The molecule has 1 N–H and O–H groups in total. The van der Waals surface area contributed by atoms with Crippen LogP contribution in [-0.4, -0.2) is 6.54 Å². The first-order valence-corrected chi connectivity index (χ1v) is 7.96. The third kappa shape index (κ3) is 3.11. The Labute approximate surface area is 110 Å². The van der Waals surface area contributed by atoms with Crippen LogP contribution < -0.4 is 5.32 Å². The molecule has 0 radical (unpaired) electrons. The Morgan fingerprint density at radius 3 is 2.71 bits per heavy atom. The van der Waals surface area contributed by atoms with Gasteiger partial charge in [0.05, 0.1) is 0 Å². The molecule has 1 saturated carbocycles. The van der Waals surface area contributed by atoms with Gasteiger partial charge < -0.3 is 5.32 Å². The summed E-state index contributed by atoms with van der Waals surface area (Å²) < 4.78 is 0. The average Bonchev–Trinajstić information content (AvgIpc) is 2.84. The van der Waals surface area contributed by atoms with Gasteiger partial charge in [-0.1, -0.05) is 33.1 Å². The molecule has 2 rings (SSSR count). The lowest BCUT2D eigenvalue weighted by molar-refractivity contribution is 0.145. The zero-order valence-electron chi connectivity index (χ0n) is 11.2. The molecule has 0 aliphatic heterocycles. The van der Waals surface area contributed by atoms with Crippen LogP contribution >= 0.6 is 11.3 Å². The van der Waals surface area contributed by atoms with Crippen LogP contribution in [0.5, 0.6) is 0 Å². The van der Waals surface area contributed by atoms with E-state index in [9.17, 15) is 0 Å². The number of thiophene rings is 1. The number of hydrogen-bond donors (Lipinski definition) is 1. The molecule has 0 aromatic carbocycles. The molecule has 1 aromatic heterocycles. The molecule has 96 valence electrons. The summed E-state index contributed by atoms with van der Waals surface area (Å²) in [7, 11) is 0. The highest BCUT2D eigenvalue weighted by Crippen LogP contribution is 2.45. The van der Waals surface area contributed by atoms with Crippen molar-refractivity contribution in [3.63, 3.8) is 0 Å². The van der Waals surface area contributed by atoms with Gasteiger partial charge in [-0.25, -0.2) is 0 Å². The highest BCUT2D eigenvalue weighted by molar-refractivity contribution is 7.07. The van der Waals surface area contributed by atoms with Crippen molar-refractivity contribution >= 4 is 11.3 Å². The van der Waals surface area contributed by atoms with Crippen LogP contribution in [-0.2, 0) is 0 Å². The summed E-state index contributed by atoms with van der Waals surface area (Å²) >= 11 is 1.82. The molecule has 0 saturated heterocycles. The Morgan fingerprint density at radius 1 is 1.35 bits per heavy atom. The molecule has 1 heterocycles. The second-order valence-corrected chi connectivity index (χ2v) is 6.44. The summed E-state index contributed by atoms with van der Waals surface area (Å²) in [4.78, 5) is 0. The van der Waals surface area contributed by atoms with Crippen molar-refractivity contribution in [3.05, 3.63) is 22.4 Å². The third-order valence-corrected chi connectivity index (χ3v) is 4.87. The second-order valence-electron chi connectivity index (χ2n) is 5.66. The molecule has 1 aliphatic carbocycles. The van der Waals surface area contributed by atoms with Crippen molar-refractivity contribution in [3.8, 4) is 0 Å². The lowest BCUT2D eigenvalue weighted by Crippen LogP contribution is -2.37. The monoisotopic (exact) mass is 251 g/mol. The quantitative estimate of drug-likeness (QED) is 0.795. The molecule has 1 fully saturated rings. The molecule has 2 heteroatoms. The maximum atomic E-state index is 3.79. The van der Waals surface area contributed by atoms with Gasteiger partial charge in [-0.3, -0.25) is 0 Å². The summed E-state index contributed by atoms with van der Waals surface area (Å²) in [6.45, 7) is 5.87. The summed E-state index contributed by atoms with van der Waals surface area (Å²) in [6.07, 6.45) is 8.22. The minimum atomic E-state index is 0.467. The largest absolute Gasteiger partial charge is 0.309 e. The molecule has 0 amide bonds. The van der Waals surface area contributed by atoms with Crippen LogP contribution in [0, 0.1) is 5.41 Å². The topological polar surface area (TPSA) is 12.0 Å². The maximum absolute atomic E-state index is 3.79. The first kappa shape index (κ1) is 13.1. The smallest absolute Gasteiger partial charge is 0.0382 e. The van der Waals surface area contributed by atoms with E-state index in [0.29, 0.717) is 11.5 Å². The molecule has 17 heavy (non-hydrogen) atoms. The maximum Gasteiger partial charge on any atom is 0.0382 e. The molecular formula is C15H25NS. The molecule has 0 bridgehead atoms. The van der Waals surface area contributed by atoms with Crippen molar-refractivity contribution in [1.82, 2.24) is 5.32 Å². The number of rotatable bonds is 5. The van der Waals surface area contributed by atoms with Gasteiger partial charge >= 0.3 is 0 Å². The molecule has 1 aliphatic rings. The van der Waals surface area contributed by atoms with E-state index >= 15 is 0 Å². The molecule has 1 atom stereocenters. The predicted octanol–water partition coefficient (Wildman–Crippen LogP) is 4.76. The summed E-state index contributed by atoms with van der Waals surface area (Å²) in [5, 5.41) is 8.33.